The number of amides is 2. The van der Waals surface area contributed by atoms with Crippen molar-refractivity contribution < 1.29 is 9.90 Å². The Bertz CT molecular complexity index is 451. The SMILES string of the molecule is CCCc1nnc(NC(=O)N2CCCC(C)C2CO)s1. The number of nitrogens with zero attached hydrogens (tertiary/aromatic N) is 3. The van der Waals surface area contributed by atoms with Crippen molar-refractivity contribution in [3.05, 3.63) is 5.01 Å². The first-order chi connectivity index (χ1) is 9.65. The third kappa shape index (κ3) is 3.46. The van der Waals surface area contributed by atoms with Crippen LogP contribution in [0.3, 0.4) is 0 Å². The molecule has 0 aromatic carbocycles. The minimum absolute atomic E-state index is 0.00574. The fourth-order valence-corrected chi connectivity index (χ4v) is 3.39. The Morgan fingerprint density at radius 2 is 2.35 bits per heavy atom. The third-order valence-corrected chi connectivity index (χ3v) is 4.61. The molecule has 2 atom stereocenters. The van der Waals surface area contributed by atoms with E-state index in [4.69, 9.17) is 0 Å². The molecule has 1 saturated heterocycles. The second kappa shape index (κ2) is 6.99. The Labute approximate surface area is 123 Å². The highest BCUT2D eigenvalue weighted by molar-refractivity contribution is 7.15. The van der Waals surface area contributed by atoms with Gasteiger partial charge in [-0.05, 0) is 25.2 Å². The minimum Gasteiger partial charge on any atom is -0.394 e. The van der Waals surface area contributed by atoms with Crippen LogP contribution in [0.15, 0.2) is 0 Å². The van der Waals surface area contributed by atoms with Gasteiger partial charge in [0, 0.05) is 13.0 Å². The highest BCUT2D eigenvalue weighted by Crippen LogP contribution is 2.24. The number of carbonyl (C=O) groups is 1. The Hall–Kier alpha value is -1.21. The number of carbonyl (C=O) groups excluding carboxylic acids is 1. The average molecular weight is 298 g/mol. The number of hydrogen-bond donors (Lipinski definition) is 2. The van der Waals surface area contributed by atoms with Crippen LogP contribution in [0.2, 0.25) is 0 Å². The molecular weight excluding hydrogens is 276 g/mol. The number of likely N-dealkylation sites (tertiary alicyclic amines) is 1. The standard InChI is InChI=1S/C13H22N4O2S/c1-3-5-11-15-16-12(20-11)14-13(19)17-7-4-6-9(2)10(17)8-18/h9-10,18H,3-8H2,1-2H3,(H,14,16,19). The molecule has 0 spiro atoms. The molecule has 1 fully saturated rings. The molecule has 0 aliphatic carbocycles. The van der Waals surface area contributed by atoms with Crippen molar-refractivity contribution >= 4 is 22.5 Å². The van der Waals surface area contributed by atoms with E-state index in [2.05, 4.69) is 29.4 Å². The van der Waals surface area contributed by atoms with Crippen molar-refractivity contribution in [2.24, 2.45) is 5.92 Å². The number of anilines is 1. The maximum absolute atomic E-state index is 12.3. The largest absolute Gasteiger partial charge is 0.394 e. The Balaban J connectivity index is 1.98. The van der Waals surface area contributed by atoms with Gasteiger partial charge in [-0.1, -0.05) is 25.2 Å². The average Bonchev–Trinajstić information content (AvgIpc) is 2.86. The number of piperidine rings is 1. The summed E-state index contributed by atoms with van der Waals surface area (Å²) in [6, 6.07) is -0.290. The number of nitrogens with one attached hydrogen (secondary N) is 1. The van der Waals surface area contributed by atoms with E-state index in [0.717, 1.165) is 30.7 Å². The van der Waals surface area contributed by atoms with E-state index in [9.17, 15) is 9.90 Å². The monoisotopic (exact) mass is 298 g/mol. The second-order valence-corrected chi connectivity index (χ2v) is 6.31. The highest BCUT2D eigenvalue weighted by Gasteiger charge is 2.31. The molecule has 2 N–H and O–H groups in total. The van der Waals surface area contributed by atoms with Crippen LogP contribution in [-0.2, 0) is 6.42 Å². The van der Waals surface area contributed by atoms with Gasteiger partial charge in [-0.2, -0.15) is 0 Å². The number of rotatable bonds is 4. The van der Waals surface area contributed by atoms with Crippen molar-refractivity contribution in [1.82, 2.24) is 15.1 Å². The van der Waals surface area contributed by atoms with Crippen LogP contribution in [0.4, 0.5) is 9.93 Å². The van der Waals surface area contributed by atoms with Gasteiger partial charge in [-0.15, -0.1) is 10.2 Å². The van der Waals surface area contributed by atoms with Crippen LogP contribution in [0.5, 0.6) is 0 Å². The number of urea groups is 1. The fourth-order valence-electron chi connectivity index (χ4n) is 2.56. The zero-order chi connectivity index (χ0) is 14.5. The van der Waals surface area contributed by atoms with E-state index in [1.54, 1.807) is 4.90 Å². The molecule has 7 heteroatoms. The van der Waals surface area contributed by atoms with E-state index in [1.807, 2.05) is 0 Å². The van der Waals surface area contributed by atoms with Crippen molar-refractivity contribution in [1.29, 1.82) is 0 Å². The van der Waals surface area contributed by atoms with Gasteiger partial charge in [-0.25, -0.2) is 4.79 Å². The Morgan fingerprint density at radius 1 is 1.55 bits per heavy atom. The minimum atomic E-state index is -0.185. The molecular formula is C13H22N4O2S. The third-order valence-electron chi connectivity index (χ3n) is 3.71. The molecule has 1 aromatic heterocycles. The molecule has 1 aliphatic rings. The maximum Gasteiger partial charge on any atom is 0.324 e. The summed E-state index contributed by atoms with van der Waals surface area (Å²) < 4.78 is 0. The zero-order valence-electron chi connectivity index (χ0n) is 12.0. The molecule has 112 valence electrons. The molecule has 1 aromatic rings. The van der Waals surface area contributed by atoms with Crippen molar-refractivity contribution in [3.8, 4) is 0 Å². The smallest absolute Gasteiger partial charge is 0.324 e. The van der Waals surface area contributed by atoms with Crippen LogP contribution >= 0.6 is 11.3 Å². The van der Waals surface area contributed by atoms with Crippen LogP contribution in [-0.4, -0.2) is 45.4 Å². The number of aromatic nitrogens is 2. The summed E-state index contributed by atoms with van der Waals surface area (Å²) >= 11 is 1.42. The van der Waals surface area contributed by atoms with Gasteiger partial charge in [0.25, 0.3) is 0 Å². The summed E-state index contributed by atoms with van der Waals surface area (Å²) in [6.07, 6.45) is 3.92. The topological polar surface area (TPSA) is 78.4 Å². The van der Waals surface area contributed by atoms with Gasteiger partial charge in [0.15, 0.2) is 0 Å². The van der Waals surface area contributed by atoms with Crippen molar-refractivity contribution in [2.75, 3.05) is 18.5 Å². The van der Waals surface area contributed by atoms with E-state index < -0.39 is 0 Å². The molecule has 1 aliphatic heterocycles. The predicted octanol–water partition coefficient (Wildman–Crippen LogP) is 2.12. The molecule has 2 rings (SSSR count). The van der Waals surface area contributed by atoms with Gasteiger partial charge in [-0.3, -0.25) is 5.32 Å². The highest BCUT2D eigenvalue weighted by atomic mass is 32.1. The molecule has 2 amide bonds. The van der Waals surface area contributed by atoms with E-state index in [-0.39, 0.29) is 18.7 Å². The first-order valence-electron chi connectivity index (χ1n) is 7.16. The van der Waals surface area contributed by atoms with Gasteiger partial charge >= 0.3 is 6.03 Å². The molecule has 2 heterocycles. The number of aliphatic hydroxyl groups is 1. The quantitative estimate of drug-likeness (QED) is 0.892. The Kier molecular flexibility index (Phi) is 5.31. The van der Waals surface area contributed by atoms with Gasteiger partial charge in [0.05, 0.1) is 12.6 Å². The lowest BCUT2D eigenvalue weighted by atomic mass is 9.91. The summed E-state index contributed by atoms with van der Waals surface area (Å²) in [5, 5.41) is 21.8. The molecule has 0 radical (unpaired) electrons. The van der Waals surface area contributed by atoms with E-state index in [1.165, 1.54) is 11.3 Å². The zero-order valence-corrected chi connectivity index (χ0v) is 12.8. The lowest BCUT2D eigenvalue weighted by Crippen LogP contribution is -2.51. The van der Waals surface area contributed by atoms with Crippen LogP contribution in [0, 0.1) is 5.92 Å². The lowest BCUT2D eigenvalue weighted by molar-refractivity contribution is 0.0811. The number of aliphatic hydroxyl groups excluding tert-OH is 1. The van der Waals surface area contributed by atoms with Gasteiger partial charge in [0.2, 0.25) is 5.13 Å². The second-order valence-electron chi connectivity index (χ2n) is 5.24. The first kappa shape index (κ1) is 15.2. The summed E-state index contributed by atoms with van der Waals surface area (Å²) in [5.74, 6) is 0.324. The molecule has 0 saturated carbocycles. The van der Waals surface area contributed by atoms with Gasteiger partial charge in [0.1, 0.15) is 5.01 Å². The normalized spacial score (nSPS) is 22.9. The number of hydrogen-bond acceptors (Lipinski definition) is 5. The molecule has 6 nitrogen and oxygen atoms in total. The summed E-state index contributed by atoms with van der Waals surface area (Å²) in [7, 11) is 0. The maximum atomic E-state index is 12.3. The molecule has 0 bridgehead atoms. The van der Waals surface area contributed by atoms with Crippen LogP contribution in [0.1, 0.15) is 38.1 Å². The number of aryl methyl sites for hydroxylation is 1. The lowest BCUT2D eigenvalue weighted by Gasteiger charge is -2.38. The van der Waals surface area contributed by atoms with E-state index in [0.29, 0.717) is 17.6 Å². The first-order valence-corrected chi connectivity index (χ1v) is 7.98. The van der Waals surface area contributed by atoms with Crippen LogP contribution in [0.25, 0.3) is 0 Å². The molecule has 20 heavy (non-hydrogen) atoms. The predicted molar refractivity (Wildman–Crippen MR) is 78.9 cm³/mol. The fraction of sp³-hybridized carbons (Fsp3) is 0.769. The van der Waals surface area contributed by atoms with Crippen molar-refractivity contribution in [2.45, 2.75) is 45.6 Å². The summed E-state index contributed by atoms with van der Waals surface area (Å²) in [6.45, 7) is 4.85. The summed E-state index contributed by atoms with van der Waals surface area (Å²) in [4.78, 5) is 14.0. The van der Waals surface area contributed by atoms with Crippen molar-refractivity contribution in [3.63, 3.8) is 0 Å². The molecule has 2 unspecified atom stereocenters. The van der Waals surface area contributed by atoms with Crippen LogP contribution < -0.4 is 5.32 Å². The van der Waals surface area contributed by atoms with Gasteiger partial charge < -0.3 is 10.0 Å². The Morgan fingerprint density at radius 3 is 3.05 bits per heavy atom. The summed E-state index contributed by atoms with van der Waals surface area (Å²) in [5.41, 5.74) is 0. The van der Waals surface area contributed by atoms with E-state index >= 15 is 0 Å².